The molecule has 2 aliphatic heterocycles. The van der Waals surface area contributed by atoms with Crippen LogP contribution in [0.4, 0.5) is 0 Å². The van der Waals surface area contributed by atoms with Crippen LogP contribution in [-0.4, -0.2) is 41.8 Å². The first-order chi connectivity index (χ1) is 17.3. The minimum Gasteiger partial charge on any atom is -0.350 e. The van der Waals surface area contributed by atoms with E-state index in [0.717, 1.165) is 16.7 Å². The summed E-state index contributed by atoms with van der Waals surface area (Å²) in [5, 5.41) is 0. The Hall–Kier alpha value is -3.26. The van der Waals surface area contributed by atoms with E-state index in [-0.39, 0.29) is 16.8 Å². The minimum atomic E-state index is -3.93. The maximum atomic E-state index is 14.0. The molecular weight excluding hydrogens is 472 g/mol. The Morgan fingerprint density at radius 2 is 1.50 bits per heavy atom. The summed E-state index contributed by atoms with van der Waals surface area (Å²) in [6, 6.07) is 24.9. The number of carbonyl (C=O) groups excluding carboxylic acids is 1. The molecule has 0 aliphatic carbocycles. The highest BCUT2D eigenvalue weighted by Crippen LogP contribution is 2.43. The van der Waals surface area contributed by atoms with E-state index in [2.05, 4.69) is 0 Å². The third-order valence-corrected chi connectivity index (χ3v) is 9.07. The second kappa shape index (κ2) is 9.65. The van der Waals surface area contributed by atoms with Crippen molar-refractivity contribution in [3.05, 3.63) is 114 Å². The van der Waals surface area contributed by atoms with Gasteiger partial charge in [-0.1, -0.05) is 84.4 Å². The van der Waals surface area contributed by atoms with Crippen LogP contribution in [-0.2, 0) is 19.6 Å². The number of amides is 1. The van der Waals surface area contributed by atoms with Gasteiger partial charge >= 0.3 is 0 Å². The van der Waals surface area contributed by atoms with Crippen molar-refractivity contribution in [3.8, 4) is 0 Å². The Morgan fingerprint density at radius 1 is 0.889 bits per heavy atom. The fourth-order valence-electron chi connectivity index (χ4n) is 5.19. The highest BCUT2D eigenvalue weighted by molar-refractivity contribution is 7.89. The number of carbonyl (C=O) groups is 1. The SMILES string of the molecule is Cc1ccc(S(=O)(=O)N2[C@@H]([C@H]3C=CC(=O)N3[C@H](C)c3ccccc3)O[C@H](c3ccccc3)[C@@H]2C)cc1. The van der Waals surface area contributed by atoms with Gasteiger partial charge in [-0.05, 0) is 44.0 Å². The molecule has 1 fully saturated rings. The van der Waals surface area contributed by atoms with Crippen molar-refractivity contribution < 1.29 is 17.9 Å². The second-order valence-electron chi connectivity index (χ2n) is 9.43. The lowest BCUT2D eigenvalue weighted by molar-refractivity contribution is -0.132. The summed E-state index contributed by atoms with van der Waals surface area (Å²) in [7, 11) is -3.93. The number of aryl methyl sites for hydroxylation is 1. The number of ether oxygens (including phenoxy) is 1. The van der Waals surface area contributed by atoms with E-state index >= 15 is 0 Å². The zero-order valence-electron chi connectivity index (χ0n) is 20.6. The minimum absolute atomic E-state index is 0.163. The largest absolute Gasteiger partial charge is 0.350 e. The topological polar surface area (TPSA) is 66.9 Å². The molecule has 186 valence electrons. The van der Waals surface area contributed by atoms with Crippen LogP contribution in [0.25, 0.3) is 0 Å². The molecule has 7 heteroatoms. The molecule has 0 spiro atoms. The van der Waals surface area contributed by atoms with Gasteiger partial charge in [-0.3, -0.25) is 4.79 Å². The van der Waals surface area contributed by atoms with E-state index in [0.29, 0.717) is 0 Å². The van der Waals surface area contributed by atoms with Gasteiger partial charge in [0.05, 0.1) is 23.0 Å². The highest BCUT2D eigenvalue weighted by Gasteiger charge is 2.52. The van der Waals surface area contributed by atoms with E-state index in [1.807, 2.05) is 81.4 Å². The number of hydrogen-bond acceptors (Lipinski definition) is 4. The summed E-state index contributed by atoms with van der Waals surface area (Å²) >= 11 is 0. The number of benzene rings is 3. The molecule has 0 unspecified atom stereocenters. The van der Waals surface area contributed by atoms with Gasteiger partial charge in [-0.25, -0.2) is 8.42 Å². The molecule has 36 heavy (non-hydrogen) atoms. The Bertz CT molecular complexity index is 1360. The maximum absolute atomic E-state index is 14.0. The molecule has 0 N–H and O–H groups in total. The zero-order chi connectivity index (χ0) is 25.4. The predicted molar refractivity (Wildman–Crippen MR) is 138 cm³/mol. The first-order valence-corrected chi connectivity index (χ1v) is 13.6. The molecule has 0 aromatic heterocycles. The van der Waals surface area contributed by atoms with Gasteiger partial charge in [0.25, 0.3) is 0 Å². The summed E-state index contributed by atoms with van der Waals surface area (Å²) < 4.78 is 36.1. The number of sulfonamides is 1. The zero-order valence-corrected chi connectivity index (χ0v) is 21.4. The second-order valence-corrected chi connectivity index (χ2v) is 11.3. The van der Waals surface area contributed by atoms with Crippen molar-refractivity contribution >= 4 is 15.9 Å². The first kappa shape index (κ1) is 24.4. The van der Waals surface area contributed by atoms with Crippen molar-refractivity contribution in [2.75, 3.05) is 0 Å². The van der Waals surface area contributed by atoms with Gasteiger partial charge in [-0.2, -0.15) is 4.31 Å². The van der Waals surface area contributed by atoms with E-state index in [1.54, 1.807) is 35.2 Å². The Labute approximate surface area is 212 Å². The lowest BCUT2D eigenvalue weighted by Crippen LogP contribution is -2.52. The standard InChI is InChI=1S/C29H30N2O4S/c1-20-14-16-25(17-15-20)36(33,34)31-22(3)28(24-12-8-5-9-13-24)35-29(31)26-18-19-27(32)30(26)21(2)23-10-6-4-7-11-23/h4-19,21-22,26,28-29H,1-3H3/t21-,22+,26-,28+,29-/m1/s1. The molecule has 1 amide bonds. The Kier molecular flexibility index (Phi) is 6.55. The quantitative estimate of drug-likeness (QED) is 0.476. The van der Waals surface area contributed by atoms with Crippen molar-refractivity contribution in [1.82, 2.24) is 9.21 Å². The maximum Gasteiger partial charge on any atom is 0.247 e. The molecule has 3 aromatic carbocycles. The van der Waals surface area contributed by atoms with Gasteiger partial charge < -0.3 is 9.64 Å². The number of hydrogen-bond donors (Lipinski definition) is 0. The van der Waals surface area contributed by atoms with Gasteiger partial charge in [-0.15, -0.1) is 0 Å². The first-order valence-electron chi connectivity index (χ1n) is 12.1. The summed E-state index contributed by atoms with van der Waals surface area (Å²) in [6.07, 6.45) is 1.93. The summed E-state index contributed by atoms with van der Waals surface area (Å²) in [5.41, 5.74) is 2.84. The highest BCUT2D eigenvalue weighted by atomic mass is 32.2. The molecule has 1 saturated heterocycles. The fraction of sp³-hybridized carbons (Fsp3) is 0.276. The van der Waals surface area contributed by atoms with E-state index < -0.39 is 34.4 Å². The van der Waals surface area contributed by atoms with Gasteiger partial charge in [0.1, 0.15) is 12.3 Å². The smallest absolute Gasteiger partial charge is 0.247 e. The average molecular weight is 503 g/mol. The van der Waals surface area contributed by atoms with Crippen LogP contribution in [0, 0.1) is 6.92 Å². The van der Waals surface area contributed by atoms with Crippen LogP contribution in [0.15, 0.2) is 102 Å². The summed E-state index contributed by atoms with van der Waals surface area (Å²) in [4.78, 5) is 15.0. The van der Waals surface area contributed by atoms with Crippen LogP contribution in [0.1, 0.15) is 42.7 Å². The molecule has 2 aliphatic rings. The predicted octanol–water partition coefficient (Wildman–Crippen LogP) is 5.00. The molecule has 0 saturated carbocycles. The van der Waals surface area contributed by atoms with Crippen LogP contribution in [0.5, 0.6) is 0 Å². The lowest BCUT2D eigenvalue weighted by atomic mass is 10.0. The van der Waals surface area contributed by atoms with Gasteiger partial charge in [0, 0.05) is 6.08 Å². The van der Waals surface area contributed by atoms with Crippen molar-refractivity contribution in [2.45, 2.75) is 56.1 Å². The Morgan fingerprint density at radius 3 is 2.14 bits per heavy atom. The third kappa shape index (κ3) is 4.28. The molecule has 0 bridgehead atoms. The number of nitrogens with zero attached hydrogens (tertiary/aromatic N) is 2. The lowest BCUT2D eigenvalue weighted by Gasteiger charge is -2.37. The molecule has 3 aromatic rings. The molecule has 5 atom stereocenters. The van der Waals surface area contributed by atoms with Crippen molar-refractivity contribution in [2.24, 2.45) is 0 Å². The molecular formula is C29H30N2O4S. The van der Waals surface area contributed by atoms with E-state index in [9.17, 15) is 13.2 Å². The van der Waals surface area contributed by atoms with Gasteiger partial charge in [0.2, 0.25) is 15.9 Å². The normalized spacial score (nSPS) is 25.4. The molecule has 5 rings (SSSR count). The third-order valence-electron chi connectivity index (χ3n) is 7.10. The van der Waals surface area contributed by atoms with Crippen LogP contribution in [0.3, 0.4) is 0 Å². The van der Waals surface area contributed by atoms with Crippen LogP contribution in [0.2, 0.25) is 0 Å². The molecule has 0 radical (unpaired) electrons. The Balaban J connectivity index is 1.58. The summed E-state index contributed by atoms with van der Waals surface area (Å²) in [5.74, 6) is -0.163. The van der Waals surface area contributed by atoms with Crippen molar-refractivity contribution in [1.29, 1.82) is 0 Å². The molecule has 6 nitrogen and oxygen atoms in total. The van der Waals surface area contributed by atoms with E-state index in [1.165, 1.54) is 10.4 Å². The van der Waals surface area contributed by atoms with Gasteiger partial charge in [0.15, 0.2) is 0 Å². The monoisotopic (exact) mass is 502 g/mol. The van der Waals surface area contributed by atoms with E-state index in [4.69, 9.17) is 4.74 Å². The van der Waals surface area contributed by atoms with Crippen LogP contribution < -0.4 is 0 Å². The molecule has 2 heterocycles. The average Bonchev–Trinajstić information content (AvgIpc) is 3.44. The number of rotatable bonds is 6. The van der Waals surface area contributed by atoms with Crippen molar-refractivity contribution in [3.63, 3.8) is 0 Å². The van der Waals surface area contributed by atoms with Crippen LogP contribution >= 0.6 is 0 Å². The fourth-order valence-corrected chi connectivity index (χ4v) is 6.91. The summed E-state index contributed by atoms with van der Waals surface area (Å²) in [6.45, 7) is 5.75.